The van der Waals surface area contributed by atoms with Crippen molar-refractivity contribution in [3.05, 3.63) is 29.1 Å². The molecule has 0 saturated heterocycles. The number of nitrogens with zero attached hydrogens (tertiary/aromatic N) is 1. The van der Waals surface area contributed by atoms with E-state index in [0.717, 1.165) is 22.4 Å². The summed E-state index contributed by atoms with van der Waals surface area (Å²) in [6.07, 6.45) is 0. The topological polar surface area (TPSA) is 38.8 Å². The monoisotopic (exact) mass is 293 g/mol. The molecular formula is C15H19NO3S. The van der Waals surface area contributed by atoms with E-state index in [2.05, 4.69) is 4.90 Å². The van der Waals surface area contributed by atoms with Crippen molar-refractivity contribution in [1.29, 1.82) is 0 Å². The van der Waals surface area contributed by atoms with E-state index >= 15 is 0 Å². The Labute approximate surface area is 122 Å². The van der Waals surface area contributed by atoms with Gasteiger partial charge in [-0.05, 0) is 50.7 Å². The number of likely N-dealkylation sites (N-methyl/N-ethyl adjacent to an activating group) is 1. The molecule has 0 aliphatic heterocycles. The Morgan fingerprint density at radius 2 is 2.10 bits per heavy atom. The van der Waals surface area contributed by atoms with E-state index in [0.29, 0.717) is 18.1 Å². The summed E-state index contributed by atoms with van der Waals surface area (Å²) in [5.41, 5.74) is 0. The molecule has 20 heavy (non-hydrogen) atoms. The first-order valence-electron chi connectivity index (χ1n) is 6.58. The number of carbonyl (C=O) groups excluding carboxylic acids is 1. The second kappa shape index (κ2) is 6.72. The Bertz CT molecular complexity index is 592. The lowest BCUT2D eigenvalue weighted by molar-refractivity contribution is 0.0532. The van der Waals surface area contributed by atoms with Crippen molar-refractivity contribution in [2.75, 3.05) is 33.9 Å². The van der Waals surface area contributed by atoms with Crippen LogP contribution in [0.25, 0.3) is 10.1 Å². The normalized spacial score (nSPS) is 11.0. The molecule has 0 amide bonds. The van der Waals surface area contributed by atoms with Gasteiger partial charge in [0.25, 0.3) is 0 Å². The Hall–Kier alpha value is -1.59. The fourth-order valence-corrected chi connectivity index (χ4v) is 2.70. The highest BCUT2D eigenvalue weighted by atomic mass is 32.1. The number of thiophene rings is 1. The standard InChI is InChI=1S/C15H19NO3S/c1-4-18-15(17)14-10-11-9-12(5-6-13(11)20-14)19-8-7-16(2)3/h5-6,9-10H,4,7-8H2,1-3H3. The lowest BCUT2D eigenvalue weighted by Crippen LogP contribution is -2.19. The molecule has 2 rings (SSSR count). The molecule has 0 saturated carbocycles. The molecular weight excluding hydrogens is 274 g/mol. The fraction of sp³-hybridized carbons (Fsp3) is 0.400. The first-order chi connectivity index (χ1) is 9.60. The predicted octanol–water partition coefficient (Wildman–Crippen LogP) is 3.02. The second-order valence-electron chi connectivity index (χ2n) is 4.68. The highest BCUT2D eigenvalue weighted by Crippen LogP contribution is 2.29. The minimum atomic E-state index is -0.260. The zero-order valence-electron chi connectivity index (χ0n) is 12.0. The van der Waals surface area contributed by atoms with Gasteiger partial charge < -0.3 is 14.4 Å². The second-order valence-corrected chi connectivity index (χ2v) is 5.77. The van der Waals surface area contributed by atoms with Gasteiger partial charge in [-0.3, -0.25) is 0 Å². The number of esters is 1. The molecule has 5 heteroatoms. The van der Waals surface area contributed by atoms with Crippen LogP contribution in [0.2, 0.25) is 0 Å². The van der Waals surface area contributed by atoms with Crippen molar-refractivity contribution < 1.29 is 14.3 Å². The molecule has 0 radical (unpaired) electrons. The van der Waals surface area contributed by atoms with Gasteiger partial charge in [0.2, 0.25) is 0 Å². The summed E-state index contributed by atoms with van der Waals surface area (Å²) < 4.78 is 11.8. The lowest BCUT2D eigenvalue weighted by atomic mass is 10.2. The first-order valence-corrected chi connectivity index (χ1v) is 7.40. The SMILES string of the molecule is CCOC(=O)c1cc2cc(OCCN(C)C)ccc2s1. The largest absolute Gasteiger partial charge is 0.492 e. The number of ether oxygens (including phenoxy) is 2. The minimum Gasteiger partial charge on any atom is -0.492 e. The molecule has 0 aliphatic rings. The summed E-state index contributed by atoms with van der Waals surface area (Å²) in [6, 6.07) is 7.73. The Morgan fingerprint density at radius 3 is 2.80 bits per heavy atom. The van der Waals surface area contributed by atoms with Gasteiger partial charge in [-0.2, -0.15) is 0 Å². The van der Waals surface area contributed by atoms with Gasteiger partial charge in [-0.1, -0.05) is 0 Å². The third kappa shape index (κ3) is 3.71. The van der Waals surface area contributed by atoms with Crippen molar-refractivity contribution in [2.24, 2.45) is 0 Å². The van der Waals surface area contributed by atoms with Crippen LogP contribution in [-0.4, -0.2) is 44.7 Å². The van der Waals surface area contributed by atoms with E-state index in [-0.39, 0.29) is 5.97 Å². The Balaban J connectivity index is 2.11. The molecule has 0 aliphatic carbocycles. The molecule has 2 aromatic rings. The maximum absolute atomic E-state index is 11.7. The average Bonchev–Trinajstić information content (AvgIpc) is 2.81. The van der Waals surface area contributed by atoms with Gasteiger partial charge in [0.15, 0.2) is 0 Å². The van der Waals surface area contributed by atoms with Gasteiger partial charge in [-0.15, -0.1) is 11.3 Å². The zero-order valence-corrected chi connectivity index (χ0v) is 12.8. The first kappa shape index (κ1) is 14.8. The Kier molecular flexibility index (Phi) is 4.98. The molecule has 1 aromatic heterocycles. The number of hydrogen-bond donors (Lipinski definition) is 0. The highest BCUT2D eigenvalue weighted by molar-refractivity contribution is 7.20. The maximum Gasteiger partial charge on any atom is 0.348 e. The third-order valence-corrected chi connectivity index (χ3v) is 3.87. The van der Waals surface area contributed by atoms with Crippen molar-refractivity contribution in [3.63, 3.8) is 0 Å². The van der Waals surface area contributed by atoms with Crippen LogP contribution < -0.4 is 4.74 Å². The maximum atomic E-state index is 11.7. The summed E-state index contributed by atoms with van der Waals surface area (Å²) >= 11 is 1.44. The van der Waals surface area contributed by atoms with Gasteiger partial charge in [0.1, 0.15) is 17.2 Å². The van der Waals surface area contributed by atoms with E-state index in [9.17, 15) is 4.79 Å². The van der Waals surface area contributed by atoms with Crippen LogP contribution in [0.4, 0.5) is 0 Å². The molecule has 0 fully saturated rings. The summed E-state index contributed by atoms with van der Waals surface area (Å²) in [4.78, 5) is 14.4. The third-order valence-electron chi connectivity index (χ3n) is 2.77. The van der Waals surface area contributed by atoms with E-state index in [4.69, 9.17) is 9.47 Å². The molecule has 0 spiro atoms. The van der Waals surface area contributed by atoms with Gasteiger partial charge in [0.05, 0.1) is 6.61 Å². The van der Waals surface area contributed by atoms with E-state index in [1.807, 2.05) is 45.3 Å². The number of fused-ring (bicyclic) bond motifs is 1. The smallest absolute Gasteiger partial charge is 0.348 e. The highest BCUT2D eigenvalue weighted by Gasteiger charge is 2.11. The number of carbonyl (C=O) groups is 1. The van der Waals surface area contributed by atoms with E-state index in [1.54, 1.807) is 0 Å². The van der Waals surface area contributed by atoms with Crippen LogP contribution >= 0.6 is 11.3 Å². The molecule has 0 N–H and O–H groups in total. The van der Waals surface area contributed by atoms with Crippen LogP contribution in [0.5, 0.6) is 5.75 Å². The predicted molar refractivity (Wildman–Crippen MR) is 81.8 cm³/mol. The van der Waals surface area contributed by atoms with Crippen LogP contribution in [-0.2, 0) is 4.74 Å². The van der Waals surface area contributed by atoms with E-state index in [1.165, 1.54) is 11.3 Å². The van der Waals surface area contributed by atoms with Crippen molar-refractivity contribution in [1.82, 2.24) is 4.90 Å². The molecule has 4 nitrogen and oxygen atoms in total. The van der Waals surface area contributed by atoms with Crippen LogP contribution in [0.1, 0.15) is 16.6 Å². The van der Waals surface area contributed by atoms with Crippen molar-refractivity contribution in [2.45, 2.75) is 6.92 Å². The quantitative estimate of drug-likeness (QED) is 0.767. The Morgan fingerprint density at radius 1 is 1.30 bits per heavy atom. The molecule has 108 valence electrons. The average molecular weight is 293 g/mol. The lowest BCUT2D eigenvalue weighted by Gasteiger charge is -2.10. The summed E-state index contributed by atoms with van der Waals surface area (Å²) in [5, 5.41) is 1.01. The molecule has 1 heterocycles. The van der Waals surface area contributed by atoms with Crippen LogP contribution in [0.15, 0.2) is 24.3 Å². The number of hydrogen-bond acceptors (Lipinski definition) is 5. The molecule has 0 bridgehead atoms. The molecule has 0 atom stereocenters. The van der Waals surface area contributed by atoms with E-state index < -0.39 is 0 Å². The van der Waals surface area contributed by atoms with Crippen LogP contribution in [0, 0.1) is 0 Å². The minimum absolute atomic E-state index is 0.260. The number of rotatable bonds is 6. The van der Waals surface area contributed by atoms with Crippen LogP contribution in [0.3, 0.4) is 0 Å². The zero-order chi connectivity index (χ0) is 14.5. The summed E-state index contributed by atoms with van der Waals surface area (Å²) in [5.74, 6) is 0.566. The fourth-order valence-electron chi connectivity index (χ4n) is 1.76. The molecule has 0 unspecified atom stereocenters. The van der Waals surface area contributed by atoms with Gasteiger partial charge >= 0.3 is 5.97 Å². The summed E-state index contributed by atoms with van der Waals surface area (Å²) in [6.45, 7) is 3.72. The number of benzene rings is 1. The summed E-state index contributed by atoms with van der Waals surface area (Å²) in [7, 11) is 4.02. The van der Waals surface area contributed by atoms with Gasteiger partial charge in [0, 0.05) is 11.2 Å². The van der Waals surface area contributed by atoms with Gasteiger partial charge in [-0.25, -0.2) is 4.79 Å². The molecule has 1 aromatic carbocycles. The van der Waals surface area contributed by atoms with Crippen molar-refractivity contribution >= 4 is 27.4 Å². The van der Waals surface area contributed by atoms with Crippen molar-refractivity contribution in [3.8, 4) is 5.75 Å².